The Labute approximate surface area is 171 Å². The second-order valence-electron chi connectivity index (χ2n) is 7.77. The van der Waals surface area contributed by atoms with Crippen molar-refractivity contribution in [2.75, 3.05) is 24.5 Å². The Kier molecular flexibility index (Phi) is 7.53. The molecular formula is C23H30F3N3. The number of aromatic nitrogens is 1. The van der Waals surface area contributed by atoms with Gasteiger partial charge >= 0.3 is 6.18 Å². The van der Waals surface area contributed by atoms with E-state index < -0.39 is 12.6 Å². The van der Waals surface area contributed by atoms with Crippen molar-refractivity contribution in [3.05, 3.63) is 48.0 Å². The fraction of sp³-hybridized carbons (Fsp3) is 0.522. The zero-order valence-electron chi connectivity index (χ0n) is 17.0. The van der Waals surface area contributed by atoms with Crippen LogP contribution in [0.4, 0.5) is 19.0 Å². The van der Waals surface area contributed by atoms with E-state index in [9.17, 15) is 13.2 Å². The van der Waals surface area contributed by atoms with Gasteiger partial charge in [0.05, 0.1) is 11.9 Å². The van der Waals surface area contributed by atoms with Gasteiger partial charge in [-0.25, -0.2) is 4.98 Å². The summed E-state index contributed by atoms with van der Waals surface area (Å²) >= 11 is 0. The van der Waals surface area contributed by atoms with Crippen molar-refractivity contribution in [2.45, 2.75) is 51.7 Å². The Morgan fingerprint density at radius 1 is 1.17 bits per heavy atom. The lowest BCUT2D eigenvalue weighted by Gasteiger charge is -2.28. The third-order valence-corrected chi connectivity index (χ3v) is 5.51. The van der Waals surface area contributed by atoms with Crippen LogP contribution in [0.1, 0.15) is 44.6 Å². The van der Waals surface area contributed by atoms with Gasteiger partial charge in [-0.05, 0) is 37.8 Å². The van der Waals surface area contributed by atoms with E-state index in [1.54, 1.807) is 0 Å². The van der Waals surface area contributed by atoms with Gasteiger partial charge in [0.25, 0.3) is 0 Å². The van der Waals surface area contributed by atoms with Gasteiger partial charge in [-0.1, -0.05) is 43.2 Å². The first kappa shape index (κ1) is 21.6. The van der Waals surface area contributed by atoms with Crippen LogP contribution in [0.15, 0.2) is 42.5 Å². The smallest absolute Gasteiger partial charge is 0.356 e. The summed E-state index contributed by atoms with van der Waals surface area (Å²) in [4.78, 5) is 7.31. The van der Waals surface area contributed by atoms with Gasteiger partial charge in [0.2, 0.25) is 0 Å². The number of fused-ring (bicyclic) bond motifs is 1. The molecule has 1 aromatic carbocycles. The van der Waals surface area contributed by atoms with Crippen molar-refractivity contribution < 1.29 is 13.2 Å². The van der Waals surface area contributed by atoms with Crippen molar-refractivity contribution in [1.82, 2.24) is 10.3 Å². The van der Waals surface area contributed by atoms with Crippen molar-refractivity contribution in [3.63, 3.8) is 0 Å². The molecule has 0 atom stereocenters. The van der Waals surface area contributed by atoms with E-state index in [1.165, 1.54) is 37.8 Å². The number of para-hydroxylation sites is 1. The van der Waals surface area contributed by atoms with Crippen LogP contribution >= 0.6 is 0 Å². The average molecular weight is 406 g/mol. The van der Waals surface area contributed by atoms with Crippen LogP contribution in [0.2, 0.25) is 0 Å². The third-order valence-electron chi connectivity index (χ3n) is 5.51. The van der Waals surface area contributed by atoms with E-state index in [0.29, 0.717) is 19.0 Å². The highest BCUT2D eigenvalue weighted by Gasteiger charge is 2.24. The normalized spacial score (nSPS) is 15.6. The predicted octanol–water partition coefficient (Wildman–Crippen LogP) is 5.85. The number of pyridine rings is 1. The summed E-state index contributed by atoms with van der Waals surface area (Å²) in [5.41, 5.74) is 2.06. The van der Waals surface area contributed by atoms with Gasteiger partial charge in [0.1, 0.15) is 5.82 Å². The number of alkyl halides is 3. The first-order chi connectivity index (χ1) is 14.0. The topological polar surface area (TPSA) is 28.2 Å². The van der Waals surface area contributed by atoms with Gasteiger partial charge in [-0.2, -0.15) is 13.2 Å². The lowest BCUT2D eigenvalue weighted by Crippen LogP contribution is -2.31. The summed E-state index contributed by atoms with van der Waals surface area (Å²) in [6.07, 6.45) is 2.86. The number of hydrogen-bond donors (Lipinski definition) is 1. The molecule has 1 aliphatic carbocycles. The van der Waals surface area contributed by atoms with Crippen molar-refractivity contribution >= 4 is 16.7 Å². The van der Waals surface area contributed by atoms with Crippen molar-refractivity contribution in [2.24, 2.45) is 5.92 Å². The summed E-state index contributed by atoms with van der Waals surface area (Å²) in [6.45, 7) is 5.03. The molecule has 1 aliphatic rings. The highest BCUT2D eigenvalue weighted by atomic mass is 19.4. The number of rotatable bonds is 9. The number of hydrogen-bond acceptors (Lipinski definition) is 3. The Balaban J connectivity index is 1.73. The molecule has 3 nitrogen and oxygen atoms in total. The van der Waals surface area contributed by atoms with Crippen LogP contribution in [0.3, 0.4) is 0 Å². The molecule has 0 amide bonds. The fourth-order valence-electron chi connectivity index (χ4n) is 4.01. The number of benzene rings is 1. The Morgan fingerprint density at radius 2 is 1.93 bits per heavy atom. The summed E-state index contributed by atoms with van der Waals surface area (Å²) < 4.78 is 36.7. The Hall–Kier alpha value is -2.08. The molecule has 2 aromatic rings. The van der Waals surface area contributed by atoms with Gasteiger partial charge in [0.15, 0.2) is 0 Å². The fourth-order valence-corrected chi connectivity index (χ4v) is 4.01. The molecule has 1 fully saturated rings. The van der Waals surface area contributed by atoms with Crippen molar-refractivity contribution in [1.29, 1.82) is 0 Å². The minimum atomic E-state index is -4.15. The van der Waals surface area contributed by atoms with E-state index in [-0.39, 0.29) is 0 Å². The average Bonchev–Trinajstić information content (AvgIpc) is 3.20. The molecule has 1 aromatic heterocycles. The maximum atomic E-state index is 12.2. The van der Waals surface area contributed by atoms with Crippen LogP contribution < -0.4 is 10.2 Å². The molecule has 6 heteroatoms. The second-order valence-corrected chi connectivity index (χ2v) is 7.77. The minimum Gasteiger partial charge on any atom is -0.356 e. The molecule has 1 saturated carbocycles. The SMILES string of the molecule is CCN(CC1CCCC1)c1nc2ccccc2cc1CNC/C=C/CC(F)(F)F. The molecule has 29 heavy (non-hydrogen) atoms. The second kappa shape index (κ2) is 10.1. The lowest BCUT2D eigenvalue weighted by atomic mass is 10.1. The molecule has 0 aliphatic heterocycles. The van der Waals surface area contributed by atoms with Crippen LogP contribution in [-0.2, 0) is 6.54 Å². The summed E-state index contributed by atoms with van der Waals surface area (Å²) in [6, 6.07) is 10.2. The minimum absolute atomic E-state index is 0.400. The Bertz CT molecular complexity index is 811. The van der Waals surface area contributed by atoms with Crippen LogP contribution in [0, 0.1) is 5.92 Å². The zero-order valence-corrected chi connectivity index (χ0v) is 17.0. The van der Waals surface area contributed by atoms with E-state index >= 15 is 0 Å². The number of nitrogens with zero attached hydrogens (tertiary/aromatic N) is 2. The molecular weight excluding hydrogens is 375 g/mol. The van der Waals surface area contributed by atoms with E-state index in [2.05, 4.69) is 23.2 Å². The standard InChI is InChI=1S/C23H30F3N3/c1-2-29(17-18-9-3-4-10-18)22-20(15-19-11-5-6-12-21(19)28-22)16-27-14-8-7-13-23(24,25)26/h5-8,11-12,15,18,27H,2-4,9-10,13-14,16-17H2,1H3/b8-7+. The van der Waals surface area contributed by atoms with Crippen LogP contribution in [0.5, 0.6) is 0 Å². The molecule has 158 valence electrons. The number of allylic oxidation sites excluding steroid dienone is 1. The number of halogens is 3. The van der Waals surface area contributed by atoms with E-state index in [0.717, 1.165) is 35.4 Å². The summed E-state index contributed by atoms with van der Waals surface area (Å²) in [7, 11) is 0. The van der Waals surface area contributed by atoms with Gasteiger partial charge in [-0.3, -0.25) is 0 Å². The van der Waals surface area contributed by atoms with Crippen LogP contribution in [-0.4, -0.2) is 30.8 Å². The highest BCUT2D eigenvalue weighted by Crippen LogP contribution is 2.29. The molecule has 1 heterocycles. The summed E-state index contributed by atoms with van der Waals surface area (Å²) in [5.74, 6) is 1.71. The molecule has 3 rings (SSSR count). The van der Waals surface area contributed by atoms with Gasteiger partial charge < -0.3 is 10.2 Å². The molecule has 0 bridgehead atoms. The first-order valence-corrected chi connectivity index (χ1v) is 10.5. The first-order valence-electron chi connectivity index (χ1n) is 10.5. The highest BCUT2D eigenvalue weighted by molar-refractivity contribution is 5.81. The molecule has 0 spiro atoms. The van der Waals surface area contributed by atoms with Crippen molar-refractivity contribution in [3.8, 4) is 0 Å². The summed E-state index contributed by atoms with van der Waals surface area (Å²) in [5, 5.41) is 4.33. The predicted molar refractivity (Wildman–Crippen MR) is 113 cm³/mol. The van der Waals surface area contributed by atoms with Gasteiger partial charge in [-0.15, -0.1) is 0 Å². The maximum Gasteiger partial charge on any atom is 0.392 e. The van der Waals surface area contributed by atoms with E-state index in [1.807, 2.05) is 24.3 Å². The van der Waals surface area contributed by atoms with Gasteiger partial charge in [0, 0.05) is 37.1 Å². The molecule has 0 radical (unpaired) electrons. The zero-order chi connectivity index (χ0) is 20.7. The maximum absolute atomic E-state index is 12.2. The molecule has 0 saturated heterocycles. The number of anilines is 1. The third kappa shape index (κ3) is 6.46. The lowest BCUT2D eigenvalue weighted by molar-refractivity contribution is -0.125. The Morgan fingerprint density at radius 3 is 2.66 bits per heavy atom. The van der Waals surface area contributed by atoms with E-state index in [4.69, 9.17) is 4.98 Å². The van der Waals surface area contributed by atoms with Crippen LogP contribution in [0.25, 0.3) is 10.9 Å². The monoisotopic (exact) mass is 405 g/mol. The quantitative estimate of drug-likeness (QED) is 0.419. The molecule has 1 N–H and O–H groups in total. The molecule has 0 unspecified atom stereocenters. The number of nitrogens with one attached hydrogen (secondary N) is 1. The largest absolute Gasteiger partial charge is 0.392 e.